The SMILES string of the molecule is C[C@H]1CCCC(=CNc2ccccc2C(=O)O)C1=O. The molecule has 0 saturated heterocycles. The zero-order valence-corrected chi connectivity index (χ0v) is 10.8. The van der Waals surface area contributed by atoms with Crippen LogP contribution in [0.1, 0.15) is 36.5 Å². The molecule has 1 aromatic carbocycles. The number of hydrogen-bond acceptors (Lipinski definition) is 3. The molecule has 0 bridgehead atoms. The number of rotatable bonds is 3. The van der Waals surface area contributed by atoms with Crippen LogP contribution < -0.4 is 5.32 Å². The molecule has 2 rings (SSSR count). The first-order chi connectivity index (χ1) is 9.09. The summed E-state index contributed by atoms with van der Waals surface area (Å²) >= 11 is 0. The third-order valence-corrected chi connectivity index (χ3v) is 3.41. The molecule has 4 nitrogen and oxygen atoms in total. The van der Waals surface area contributed by atoms with Crippen molar-refractivity contribution in [2.45, 2.75) is 26.2 Å². The average molecular weight is 259 g/mol. The summed E-state index contributed by atoms with van der Waals surface area (Å²) in [6.07, 6.45) is 4.34. The Morgan fingerprint density at radius 3 is 2.89 bits per heavy atom. The highest BCUT2D eigenvalue weighted by Crippen LogP contribution is 2.25. The number of carboxylic acid groups (broad SMARTS) is 1. The van der Waals surface area contributed by atoms with Gasteiger partial charge in [-0.05, 0) is 31.4 Å². The molecular weight excluding hydrogens is 242 g/mol. The zero-order chi connectivity index (χ0) is 13.8. The van der Waals surface area contributed by atoms with Gasteiger partial charge in [0.2, 0.25) is 0 Å². The van der Waals surface area contributed by atoms with E-state index >= 15 is 0 Å². The number of ketones is 1. The van der Waals surface area contributed by atoms with Crippen LogP contribution in [0.4, 0.5) is 5.69 Å². The van der Waals surface area contributed by atoms with Crippen molar-refractivity contribution in [2.24, 2.45) is 5.92 Å². The van der Waals surface area contributed by atoms with Crippen LogP contribution in [0.25, 0.3) is 0 Å². The normalized spacial score (nSPS) is 21.4. The maximum Gasteiger partial charge on any atom is 0.337 e. The number of aromatic carboxylic acids is 1. The first-order valence-electron chi connectivity index (χ1n) is 6.41. The van der Waals surface area contributed by atoms with Gasteiger partial charge in [-0.15, -0.1) is 0 Å². The van der Waals surface area contributed by atoms with Crippen LogP contribution in [0.5, 0.6) is 0 Å². The van der Waals surface area contributed by atoms with Crippen molar-refractivity contribution >= 4 is 17.4 Å². The Morgan fingerprint density at radius 2 is 2.16 bits per heavy atom. The van der Waals surface area contributed by atoms with Crippen LogP contribution in [0, 0.1) is 5.92 Å². The Balaban J connectivity index is 2.18. The van der Waals surface area contributed by atoms with Gasteiger partial charge in [0.25, 0.3) is 0 Å². The highest BCUT2D eigenvalue weighted by Gasteiger charge is 2.22. The van der Waals surface area contributed by atoms with Crippen molar-refractivity contribution in [2.75, 3.05) is 5.32 Å². The molecule has 0 spiro atoms. The average Bonchev–Trinajstić information content (AvgIpc) is 2.40. The van der Waals surface area contributed by atoms with E-state index in [1.54, 1.807) is 24.4 Å². The number of carboxylic acids is 1. The number of benzene rings is 1. The molecule has 0 radical (unpaired) electrons. The Labute approximate surface area is 112 Å². The summed E-state index contributed by atoms with van der Waals surface area (Å²) < 4.78 is 0. The van der Waals surface area contributed by atoms with Crippen molar-refractivity contribution in [3.05, 3.63) is 41.6 Å². The molecule has 1 saturated carbocycles. The van der Waals surface area contributed by atoms with E-state index in [0.29, 0.717) is 5.69 Å². The van der Waals surface area contributed by atoms with Gasteiger partial charge in [0.1, 0.15) is 0 Å². The Kier molecular flexibility index (Phi) is 4.00. The zero-order valence-electron chi connectivity index (χ0n) is 10.8. The van der Waals surface area contributed by atoms with Crippen LogP contribution >= 0.6 is 0 Å². The van der Waals surface area contributed by atoms with E-state index in [9.17, 15) is 9.59 Å². The number of Topliss-reactive ketones (excluding diaryl/α,β-unsaturated/α-hetero) is 1. The summed E-state index contributed by atoms with van der Waals surface area (Å²) in [4.78, 5) is 23.0. The van der Waals surface area contributed by atoms with Crippen LogP contribution in [0.15, 0.2) is 36.0 Å². The molecule has 0 aromatic heterocycles. The fourth-order valence-electron chi connectivity index (χ4n) is 2.27. The largest absolute Gasteiger partial charge is 0.478 e. The first-order valence-corrected chi connectivity index (χ1v) is 6.41. The van der Waals surface area contributed by atoms with Crippen molar-refractivity contribution in [3.8, 4) is 0 Å². The van der Waals surface area contributed by atoms with Gasteiger partial charge in [-0.3, -0.25) is 4.79 Å². The minimum absolute atomic E-state index is 0.0662. The van der Waals surface area contributed by atoms with Crippen LogP contribution in [0.3, 0.4) is 0 Å². The third-order valence-electron chi connectivity index (χ3n) is 3.41. The standard InChI is InChI=1S/C15H17NO3/c1-10-5-4-6-11(14(10)17)9-16-13-8-3-2-7-12(13)15(18)19/h2-3,7-10,16H,4-6H2,1H3,(H,18,19)/t10-/m0/s1. The topological polar surface area (TPSA) is 66.4 Å². The second-order valence-corrected chi connectivity index (χ2v) is 4.82. The first kappa shape index (κ1) is 13.3. The summed E-state index contributed by atoms with van der Waals surface area (Å²) in [5.74, 6) is -0.757. The van der Waals surface area contributed by atoms with E-state index in [1.165, 1.54) is 6.07 Å². The molecule has 1 aliphatic carbocycles. The van der Waals surface area contributed by atoms with Crippen molar-refractivity contribution in [1.82, 2.24) is 0 Å². The van der Waals surface area contributed by atoms with Crippen molar-refractivity contribution in [1.29, 1.82) is 0 Å². The molecule has 0 unspecified atom stereocenters. The number of allylic oxidation sites excluding steroid dienone is 1. The van der Waals surface area contributed by atoms with Crippen LogP contribution in [-0.2, 0) is 4.79 Å². The van der Waals surface area contributed by atoms with Crippen LogP contribution in [-0.4, -0.2) is 16.9 Å². The van der Waals surface area contributed by atoms with Gasteiger partial charge in [0, 0.05) is 17.7 Å². The highest BCUT2D eigenvalue weighted by molar-refractivity contribution is 5.98. The lowest BCUT2D eigenvalue weighted by atomic mass is 9.86. The fourth-order valence-corrected chi connectivity index (χ4v) is 2.27. The van der Waals surface area contributed by atoms with Gasteiger partial charge in [0.05, 0.1) is 11.3 Å². The number of para-hydroxylation sites is 1. The van der Waals surface area contributed by atoms with E-state index < -0.39 is 5.97 Å². The maximum atomic E-state index is 11.9. The summed E-state index contributed by atoms with van der Waals surface area (Å²) in [5.41, 5.74) is 1.46. The van der Waals surface area contributed by atoms with Crippen molar-refractivity contribution in [3.63, 3.8) is 0 Å². The van der Waals surface area contributed by atoms with E-state index in [4.69, 9.17) is 5.11 Å². The smallest absolute Gasteiger partial charge is 0.337 e. The van der Waals surface area contributed by atoms with Gasteiger partial charge >= 0.3 is 5.97 Å². The maximum absolute atomic E-state index is 11.9. The molecule has 19 heavy (non-hydrogen) atoms. The van der Waals surface area contributed by atoms with E-state index in [1.807, 2.05) is 6.92 Å². The van der Waals surface area contributed by atoms with E-state index in [0.717, 1.165) is 24.8 Å². The van der Waals surface area contributed by atoms with Gasteiger partial charge in [-0.25, -0.2) is 4.79 Å². The van der Waals surface area contributed by atoms with Gasteiger partial charge in [-0.1, -0.05) is 19.1 Å². The molecule has 0 amide bonds. The minimum atomic E-state index is -0.982. The molecule has 1 fully saturated rings. The number of carbonyl (C=O) groups is 2. The van der Waals surface area contributed by atoms with Gasteiger partial charge in [-0.2, -0.15) is 0 Å². The molecule has 4 heteroatoms. The lowest BCUT2D eigenvalue weighted by Gasteiger charge is -2.19. The minimum Gasteiger partial charge on any atom is -0.478 e. The number of carbonyl (C=O) groups excluding carboxylic acids is 1. The molecule has 0 aliphatic heterocycles. The Hall–Kier alpha value is -2.10. The predicted molar refractivity (Wildman–Crippen MR) is 73.1 cm³/mol. The summed E-state index contributed by atoms with van der Waals surface area (Å²) in [6.45, 7) is 1.93. The highest BCUT2D eigenvalue weighted by atomic mass is 16.4. The molecular formula is C15H17NO3. The fraction of sp³-hybridized carbons (Fsp3) is 0.333. The summed E-state index contributed by atoms with van der Waals surface area (Å²) in [5, 5.41) is 12.0. The predicted octanol–water partition coefficient (Wildman–Crippen LogP) is 3.07. The Morgan fingerprint density at radius 1 is 1.42 bits per heavy atom. The molecule has 1 aromatic rings. The second-order valence-electron chi connectivity index (χ2n) is 4.82. The summed E-state index contributed by atoms with van der Waals surface area (Å²) in [6, 6.07) is 6.67. The van der Waals surface area contributed by atoms with Gasteiger partial charge in [0.15, 0.2) is 5.78 Å². The van der Waals surface area contributed by atoms with Gasteiger partial charge < -0.3 is 10.4 Å². The number of nitrogens with one attached hydrogen (secondary N) is 1. The molecule has 100 valence electrons. The lowest BCUT2D eigenvalue weighted by Crippen LogP contribution is -2.19. The number of anilines is 1. The third kappa shape index (κ3) is 3.02. The monoisotopic (exact) mass is 259 g/mol. The summed E-state index contributed by atoms with van der Waals surface area (Å²) in [7, 11) is 0. The molecule has 0 heterocycles. The lowest BCUT2D eigenvalue weighted by molar-refractivity contribution is -0.119. The second kappa shape index (κ2) is 5.69. The number of hydrogen-bond donors (Lipinski definition) is 2. The van der Waals surface area contributed by atoms with E-state index in [2.05, 4.69) is 5.32 Å². The Bertz CT molecular complexity index is 534. The van der Waals surface area contributed by atoms with Crippen molar-refractivity contribution < 1.29 is 14.7 Å². The molecule has 2 N–H and O–H groups in total. The van der Waals surface area contributed by atoms with Crippen LogP contribution in [0.2, 0.25) is 0 Å². The molecule has 1 aliphatic rings. The van der Waals surface area contributed by atoms with E-state index in [-0.39, 0.29) is 17.3 Å². The quantitative estimate of drug-likeness (QED) is 0.819. The molecule has 1 atom stereocenters.